The molecule has 0 aliphatic heterocycles. The van der Waals surface area contributed by atoms with E-state index in [4.69, 9.17) is 4.74 Å². The topological polar surface area (TPSA) is 75.3 Å². The SMILES string of the molecule is CCOc1ccc2[nH]c(=O)c(CN(CC)C(=O)c3cccnc3)cc2c1. The predicted molar refractivity (Wildman–Crippen MR) is 100 cm³/mol. The summed E-state index contributed by atoms with van der Waals surface area (Å²) in [6.07, 6.45) is 3.15. The van der Waals surface area contributed by atoms with Crippen LogP contribution in [-0.4, -0.2) is 33.9 Å². The molecular formula is C20H21N3O3. The van der Waals surface area contributed by atoms with E-state index in [0.29, 0.717) is 24.3 Å². The lowest BCUT2D eigenvalue weighted by molar-refractivity contribution is 0.0751. The van der Waals surface area contributed by atoms with Gasteiger partial charge in [0.15, 0.2) is 0 Å². The minimum Gasteiger partial charge on any atom is -0.494 e. The molecule has 0 unspecified atom stereocenters. The van der Waals surface area contributed by atoms with Crippen molar-refractivity contribution in [2.45, 2.75) is 20.4 Å². The highest BCUT2D eigenvalue weighted by atomic mass is 16.5. The molecule has 3 rings (SSSR count). The van der Waals surface area contributed by atoms with Gasteiger partial charge in [-0.15, -0.1) is 0 Å². The highest BCUT2D eigenvalue weighted by Crippen LogP contribution is 2.20. The molecule has 1 amide bonds. The Hall–Kier alpha value is -3.15. The zero-order valence-electron chi connectivity index (χ0n) is 14.9. The smallest absolute Gasteiger partial charge is 0.255 e. The molecule has 26 heavy (non-hydrogen) atoms. The van der Waals surface area contributed by atoms with Crippen LogP contribution in [0, 0.1) is 0 Å². The van der Waals surface area contributed by atoms with Crippen molar-refractivity contribution >= 4 is 16.8 Å². The van der Waals surface area contributed by atoms with Crippen molar-refractivity contribution in [2.24, 2.45) is 0 Å². The molecule has 6 nitrogen and oxygen atoms in total. The number of aromatic amines is 1. The number of fused-ring (bicyclic) bond motifs is 1. The van der Waals surface area contributed by atoms with E-state index in [9.17, 15) is 9.59 Å². The zero-order valence-corrected chi connectivity index (χ0v) is 14.9. The molecular weight excluding hydrogens is 330 g/mol. The Bertz CT molecular complexity index is 967. The molecule has 6 heteroatoms. The van der Waals surface area contributed by atoms with Gasteiger partial charge in [0, 0.05) is 35.4 Å². The van der Waals surface area contributed by atoms with Gasteiger partial charge in [-0.25, -0.2) is 0 Å². The van der Waals surface area contributed by atoms with Crippen LogP contribution >= 0.6 is 0 Å². The standard InChI is InChI=1S/C20H21N3O3/c1-3-23(20(25)14-6-5-9-21-12-14)13-16-10-15-11-17(26-4-2)7-8-18(15)22-19(16)24/h5-12H,3-4,13H2,1-2H3,(H,22,24). The molecule has 0 atom stereocenters. The summed E-state index contributed by atoms with van der Waals surface area (Å²) in [5.41, 5.74) is 1.58. The third-order valence-corrected chi connectivity index (χ3v) is 4.14. The van der Waals surface area contributed by atoms with Gasteiger partial charge in [0.2, 0.25) is 0 Å². The molecule has 3 aromatic rings. The van der Waals surface area contributed by atoms with E-state index in [2.05, 4.69) is 9.97 Å². The maximum atomic E-state index is 12.6. The van der Waals surface area contributed by atoms with Crippen molar-refractivity contribution in [3.63, 3.8) is 0 Å². The molecule has 0 saturated heterocycles. The first-order valence-electron chi connectivity index (χ1n) is 8.60. The summed E-state index contributed by atoms with van der Waals surface area (Å²) in [4.78, 5) is 33.6. The van der Waals surface area contributed by atoms with Gasteiger partial charge in [-0.1, -0.05) is 0 Å². The molecule has 2 heterocycles. The summed E-state index contributed by atoms with van der Waals surface area (Å²) in [6.45, 7) is 5.10. The van der Waals surface area contributed by atoms with Crippen LogP contribution in [0.4, 0.5) is 0 Å². The number of nitrogens with one attached hydrogen (secondary N) is 1. The van der Waals surface area contributed by atoms with Crippen molar-refractivity contribution in [2.75, 3.05) is 13.2 Å². The quantitative estimate of drug-likeness (QED) is 0.741. The van der Waals surface area contributed by atoms with Crippen LogP contribution in [0.2, 0.25) is 0 Å². The number of benzene rings is 1. The number of H-pyrrole nitrogens is 1. The lowest BCUT2D eigenvalue weighted by Gasteiger charge is -2.20. The van der Waals surface area contributed by atoms with E-state index in [0.717, 1.165) is 16.7 Å². The van der Waals surface area contributed by atoms with Crippen LogP contribution in [0.5, 0.6) is 5.75 Å². The molecule has 1 aromatic carbocycles. The first-order chi connectivity index (χ1) is 12.6. The van der Waals surface area contributed by atoms with E-state index < -0.39 is 0 Å². The molecule has 0 fully saturated rings. The first kappa shape index (κ1) is 17.7. The number of aromatic nitrogens is 2. The normalized spacial score (nSPS) is 10.7. The molecule has 0 radical (unpaired) electrons. The third-order valence-electron chi connectivity index (χ3n) is 4.14. The molecule has 0 aliphatic carbocycles. The Morgan fingerprint density at radius 1 is 1.23 bits per heavy atom. The van der Waals surface area contributed by atoms with E-state index in [1.54, 1.807) is 23.2 Å². The second-order valence-corrected chi connectivity index (χ2v) is 5.87. The van der Waals surface area contributed by atoms with Crippen LogP contribution in [0.25, 0.3) is 10.9 Å². The highest BCUT2D eigenvalue weighted by Gasteiger charge is 2.16. The summed E-state index contributed by atoms with van der Waals surface area (Å²) < 4.78 is 5.52. The van der Waals surface area contributed by atoms with Gasteiger partial charge in [-0.05, 0) is 50.2 Å². The van der Waals surface area contributed by atoms with Crippen molar-refractivity contribution < 1.29 is 9.53 Å². The van der Waals surface area contributed by atoms with Crippen LogP contribution in [0.1, 0.15) is 29.8 Å². The average Bonchev–Trinajstić information content (AvgIpc) is 2.67. The summed E-state index contributed by atoms with van der Waals surface area (Å²) in [7, 11) is 0. The maximum Gasteiger partial charge on any atom is 0.255 e. The predicted octanol–water partition coefficient (Wildman–Crippen LogP) is 2.98. The fourth-order valence-electron chi connectivity index (χ4n) is 2.81. The van der Waals surface area contributed by atoms with E-state index >= 15 is 0 Å². The fourth-order valence-corrected chi connectivity index (χ4v) is 2.81. The third kappa shape index (κ3) is 3.74. The lowest BCUT2D eigenvalue weighted by Crippen LogP contribution is -2.32. The van der Waals surface area contributed by atoms with E-state index in [1.165, 1.54) is 6.20 Å². The van der Waals surface area contributed by atoms with Crippen molar-refractivity contribution in [3.05, 3.63) is 70.3 Å². The van der Waals surface area contributed by atoms with Gasteiger partial charge in [0.1, 0.15) is 5.75 Å². The van der Waals surface area contributed by atoms with E-state index in [1.807, 2.05) is 38.1 Å². The Kier molecular flexibility index (Phi) is 5.31. The molecule has 0 spiro atoms. The number of ether oxygens (including phenoxy) is 1. The van der Waals surface area contributed by atoms with Crippen LogP contribution in [0.15, 0.2) is 53.6 Å². The second-order valence-electron chi connectivity index (χ2n) is 5.87. The van der Waals surface area contributed by atoms with Gasteiger partial charge >= 0.3 is 0 Å². The lowest BCUT2D eigenvalue weighted by atomic mass is 10.1. The van der Waals surface area contributed by atoms with Gasteiger partial charge in [-0.3, -0.25) is 14.6 Å². The average molecular weight is 351 g/mol. The van der Waals surface area contributed by atoms with Crippen LogP contribution in [0.3, 0.4) is 0 Å². The Morgan fingerprint density at radius 3 is 2.77 bits per heavy atom. The second kappa shape index (κ2) is 7.82. The summed E-state index contributed by atoms with van der Waals surface area (Å²) in [6, 6.07) is 10.8. The fraction of sp³-hybridized carbons (Fsp3) is 0.250. The van der Waals surface area contributed by atoms with Crippen molar-refractivity contribution in [3.8, 4) is 5.75 Å². The Balaban J connectivity index is 1.92. The maximum absolute atomic E-state index is 12.6. The molecule has 2 aromatic heterocycles. The number of pyridine rings is 2. The summed E-state index contributed by atoms with van der Waals surface area (Å²) in [5.74, 6) is 0.597. The number of hydrogen-bond acceptors (Lipinski definition) is 4. The number of rotatable bonds is 6. The van der Waals surface area contributed by atoms with Gasteiger partial charge in [0.25, 0.3) is 11.5 Å². The zero-order chi connectivity index (χ0) is 18.5. The Labute approximate surface area is 151 Å². The number of carbonyl (C=O) groups is 1. The van der Waals surface area contributed by atoms with Gasteiger partial charge < -0.3 is 14.6 Å². The number of amides is 1. The Morgan fingerprint density at radius 2 is 2.08 bits per heavy atom. The number of nitrogens with zero attached hydrogens (tertiary/aromatic N) is 2. The molecule has 0 bridgehead atoms. The molecule has 0 aliphatic rings. The van der Waals surface area contributed by atoms with Gasteiger partial charge in [-0.2, -0.15) is 0 Å². The van der Waals surface area contributed by atoms with Gasteiger partial charge in [0.05, 0.1) is 18.7 Å². The minimum atomic E-state index is -0.195. The summed E-state index contributed by atoms with van der Waals surface area (Å²) in [5, 5.41) is 0.871. The van der Waals surface area contributed by atoms with Crippen LogP contribution < -0.4 is 10.3 Å². The van der Waals surface area contributed by atoms with Crippen molar-refractivity contribution in [1.82, 2.24) is 14.9 Å². The molecule has 134 valence electrons. The van der Waals surface area contributed by atoms with Crippen LogP contribution in [-0.2, 0) is 6.54 Å². The number of hydrogen-bond donors (Lipinski definition) is 1. The van der Waals surface area contributed by atoms with Crippen molar-refractivity contribution in [1.29, 1.82) is 0 Å². The van der Waals surface area contributed by atoms with E-state index in [-0.39, 0.29) is 18.0 Å². The molecule has 1 N–H and O–H groups in total. The minimum absolute atomic E-state index is 0.150. The highest BCUT2D eigenvalue weighted by molar-refractivity contribution is 5.93. The molecule has 0 saturated carbocycles. The first-order valence-corrected chi connectivity index (χ1v) is 8.60. The largest absolute Gasteiger partial charge is 0.494 e. The number of carbonyl (C=O) groups excluding carboxylic acids is 1. The summed E-state index contributed by atoms with van der Waals surface area (Å²) >= 11 is 0. The monoisotopic (exact) mass is 351 g/mol.